The smallest absolute Gasteiger partial charge is 0.137 e. The van der Waals surface area contributed by atoms with Crippen LogP contribution in [0.4, 0.5) is 5.82 Å². The molecule has 1 atom stereocenters. The van der Waals surface area contributed by atoms with Crippen LogP contribution in [-0.2, 0) is 0 Å². The molecule has 2 aromatic heterocycles. The van der Waals surface area contributed by atoms with Crippen molar-refractivity contribution >= 4 is 27.2 Å². The molecule has 1 aliphatic heterocycles. The first-order chi connectivity index (χ1) is 9.92. The number of fused-ring (bicyclic) bond motifs is 1. The van der Waals surface area contributed by atoms with Gasteiger partial charge >= 0.3 is 0 Å². The van der Waals surface area contributed by atoms with E-state index in [0.29, 0.717) is 6.04 Å². The van der Waals surface area contributed by atoms with Crippen LogP contribution < -0.4 is 10.2 Å². The van der Waals surface area contributed by atoms with E-state index in [2.05, 4.69) is 27.7 Å². The minimum Gasteiger partial charge on any atom is -0.352 e. The maximum Gasteiger partial charge on any atom is 0.137 e. The summed E-state index contributed by atoms with van der Waals surface area (Å²) in [6.45, 7) is 2.30. The van der Waals surface area contributed by atoms with E-state index in [0.717, 1.165) is 12.6 Å². The van der Waals surface area contributed by atoms with Gasteiger partial charge in [0.05, 0.1) is 0 Å². The summed E-state index contributed by atoms with van der Waals surface area (Å²) in [6.07, 6.45) is 8.63. The second-order valence-electron chi connectivity index (χ2n) is 6.00. The Kier molecular flexibility index (Phi) is 3.36. The maximum absolute atomic E-state index is 4.71. The molecule has 0 radical (unpaired) electrons. The first-order valence-corrected chi connectivity index (χ1v) is 8.62. The lowest BCUT2D eigenvalue weighted by Crippen LogP contribution is -2.44. The molecular weight excluding hydrogens is 266 g/mol. The van der Waals surface area contributed by atoms with Gasteiger partial charge in [-0.05, 0) is 49.7 Å². The Bertz CT molecular complexity index is 584. The van der Waals surface area contributed by atoms with Crippen LogP contribution in [0.5, 0.6) is 0 Å². The van der Waals surface area contributed by atoms with E-state index in [-0.39, 0.29) is 0 Å². The highest BCUT2D eigenvalue weighted by Gasteiger charge is 2.32. The van der Waals surface area contributed by atoms with Gasteiger partial charge in [0.2, 0.25) is 0 Å². The van der Waals surface area contributed by atoms with E-state index in [1.54, 1.807) is 0 Å². The zero-order chi connectivity index (χ0) is 13.4. The Morgan fingerprint density at radius 1 is 1.25 bits per heavy atom. The van der Waals surface area contributed by atoms with Crippen LogP contribution in [0, 0.1) is 0 Å². The van der Waals surface area contributed by atoms with Crippen LogP contribution in [0.2, 0.25) is 0 Å². The molecule has 2 aliphatic rings. The van der Waals surface area contributed by atoms with Gasteiger partial charge in [-0.25, -0.2) is 4.98 Å². The van der Waals surface area contributed by atoms with Crippen LogP contribution in [0.25, 0.3) is 10.1 Å². The third-order valence-corrected chi connectivity index (χ3v) is 5.33. The Hall–Kier alpha value is -1.13. The highest BCUT2D eigenvalue weighted by Crippen LogP contribution is 2.36. The van der Waals surface area contributed by atoms with Gasteiger partial charge in [0.1, 0.15) is 5.82 Å². The second kappa shape index (κ2) is 5.34. The van der Waals surface area contributed by atoms with Crippen molar-refractivity contribution in [2.75, 3.05) is 18.0 Å². The molecule has 20 heavy (non-hydrogen) atoms. The minimum absolute atomic E-state index is 0.639. The fraction of sp³-hybridized carbons (Fsp3) is 0.562. The lowest BCUT2D eigenvalue weighted by Gasteiger charge is -2.31. The molecule has 0 spiro atoms. The topological polar surface area (TPSA) is 28.2 Å². The van der Waals surface area contributed by atoms with Crippen molar-refractivity contribution in [1.82, 2.24) is 10.3 Å². The van der Waals surface area contributed by atoms with Gasteiger partial charge in [-0.3, -0.25) is 0 Å². The van der Waals surface area contributed by atoms with E-state index < -0.39 is 0 Å². The van der Waals surface area contributed by atoms with Crippen molar-refractivity contribution in [2.45, 2.75) is 44.2 Å². The molecule has 0 aromatic carbocycles. The summed E-state index contributed by atoms with van der Waals surface area (Å²) in [5, 5.41) is 7.19. The number of piperidine rings is 1. The van der Waals surface area contributed by atoms with E-state index in [4.69, 9.17) is 4.98 Å². The summed E-state index contributed by atoms with van der Waals surface area (Å²) in [6, 6.07) is 5.72. The van der Waals surface area contributed by atoms with Gasteiger partial charge in [-0.15, -0.1) is 11.3 Å². The van der Waals surface area contributed by atoms with Crippen molar-refractivity contribution in [3.05, 3.63) is 23.7 Å². The molecule has 106 valence electrons. The van der Waals surface area contributed by atoms with Crippen LogP contribution in [-0.4, -0.2) is 30.2 Å². The first kappa shape index (κ1) is 12.6. The standard InChI is InChI=1S/C16H21N3S/c1-2-8-17-12(3-1)11-19(13-4-5-13)16-14-7-10-20-15(14)6-9-18-16/h6-7,9-10,12-13,17H,1-5,8,11H2. The van der Waals surface area contributed by atoms with Crippen LogP contribution in [0.3, 0.4) is 0 Å². The number of nitrogens with one attached hydrogen (secondary N) is 1. The largest absolute Gasteiger partial charge is 0.352 e. The molecular formula is C16H21N3S. The number of aromatic nitrogens is 1. The van der Waals surface area contributed by atoms with Gasteiger partial charge in [-0.1, -0.05) is 6.42 Å². The molecule has 4 heteroatoms. The lowest BCUT2D eigenvalue weighted by atomic mass is 10.0. The Labute approximate surface area is 124 Å². The Morgan fingerprint density at radius 2 is 2.20 bits per heavy atom. The normalized spacial score (nSPS) is 23.1. The Morgan fingerprint density at radius 3 is 3.00 bits per heavy atom. The van der Waals surface area contributed by atoms with Crippen molar-refractivity contribution < 1.29 is 0 Å². The number of hydrogen-bond donors (Lipinski definition) is 1. The fourth-order valence-electron chi connectivity index (χ4n) is 3.22. The average Bonchev–Trinajstić information content (AvgIpc) is 3.22. The van der Waals surface area contributed by atoms with E-state index in [1.807, 2.05) is 17.5 Å². The molecule has 1 saturated heterocycles. The van der Waals surface area contributed by atoms with E-state index in [1.165, 1.54) is 54.6 Å². The van der Waals surface area contributed by atoms with Gasteiger partial charge in [0.15, 0.2) is 0 Å². The quantitative estimate of drug-likeness (QED) is 0.934. The van der Waals surface area contributed by atoms with Crippen LogP contribution in [0.15, 0.2) is 23.7 Å². The summed E-state index contributed by atoms with van der Waals surface area (Å²) >= 11 is 1.81. The Balaban J connectivity index is 1.63. The van der Waals surface area contributed by atoms with Crippen molar-refractivity contribution in [3.63, 3.8) is 0 Å². The summed E-state index contributed by atoms with van der Waals surface area (Å²) < 4.78 is 1.36. The fourth-order valence-corrected chi connectivity index (χ4v) is 4.00. The molecule has 3 nitrogen and oxygen atoms in total. The first-order valence-electron chi connectivity index (χ1n) is 7.74. The monoisotopic (exact) mass is 287 g/mol. The molecule has 0 bridgehead atoms. The molecule has 1 unspecified atom stereocenters. The average molecular weight is 287 g/mol. The molecule has 2 aromatic rings. The minimum atomic E-state index is 0.639. The number of nitrogens with zero attached hydrogens (tertiary/aromatic N) is 2. The highest BCUT2D eigenvalue weighted by atomic mass is 32.1. The van der Waals surface area contributed by atoms with Crippen LogP contribution in [0.1, 0.15) is 32.1 Å². The number of anilines is 1. The molecule has 0 amide bonds. The molecule has 1 N–H and O–H groups in total. The number of rotatable bonds is 4. The van der Waals surface area contributed by atoms with Crippen molar-refractivity contribution in [2.24, 2.45) is 0 Å². The van der Waals surface area contributed by atoms with E-state index in [9.17, 15) is 0 Å². The number of thiophene rings is 1. The predicted octanol–water partition coefficient (Wildman–Crippen LogP) is 3.41. The highest BCUT2D eigenvalue weighted by molar-refractivity contribution is 7.17. The van der Waals surface area contributed by atoms with Crippen LogP contribution >= 0.6 is 11.3 Å². The van der Waals surface area contributed by atoms with E-state index >= 15 is 0 Å². The van der Waals surface area contributed by atoms with Gasteiger partial charge < -0.3 is 10.2 Å². The summed E-state index contributed by atoms with van der Waals surface area (Å²) in [5.74, 6) is 1.21. The number of hydrogen-bond acceptors (Lipinski definition) is 4. The SMILES string of the molecule is c1cc2sccc2c(N(CC2CCCCN2)C2CC2)n1. The summed E-state index contributed by atoms with van der Waals surface area (Å²) in [7, 11) is 0. The molecule has 4 rings (SSSR count). The zero-order valence-corrected chi connectivity index (χ0v) is 12.5. The van der Waals surface area contributed by atoms with Gasteiger partial charge in [0.25, 0.3) is 0 Å². The molecule has 1 saturated carbocycles. The summed E-state index contributed by atoms with van der Waals surface area (Å²) in [5.41, 5.74) is 0. The molecule has 2 fully saturated rings. The summed E-state index contributed by atoms with van der Waals surface area (Å²) in [4.78, 5) is 7.28. The van der Waals surface area contributed by atoms with Crippen molar-refractivity contribution in [1.29, 1.82) is 0 Å². The number of pyridine rings is 1. The second-order valence-corrected chi connectivity index (χ2v) is 6.95. The third kappa shape index (κ3) is 2.42. The van der Waals surface area contributed by atoms with Crippen molar-refractivity contribution in [3.8, 4) is 0 Å². The maximum atomic E-state index is 4.71. The zero-order valence-electron chi connectivity index (χ0n) is 11.7. The van der Waals surface area contributed by atoms with Gasteiger partial charge in [-0.2, -0.15) is 0 Å². The lowest BCUT2D eigenvalue weighted by molar-refractivity contribution is 0.398. The molecule has 3 heterocycles. The molecule has 1 aliphatic carbocycles. The predicted molar refractivity (Wildman–Crippen MR) is 85.6 cm³/mol. The van der Waals surface area contributed by atoms with Gasteiger partial charge in [0, 0.05) is 34.9 Å². The third-order valence-electron chi connectivity index (χ3n) is 4.45.